The zero-order chi connectivity index (χ0) is 30.8. The minimum absolute atomic E-state index is 0.0760. The maximum atomic E-state index is 15.3. The van der Waals surface area contributed by atoms with Gasteiger partial charge in [0.25, 0.3) is 0 Å². The van der Waals surface area contributed by atoms with Gasteiger partial charge in [-0.1, -0.05) is 0 Å². The van der Waals surface area contributed by atoms with Gasteiger partial charge in [0, 0.05) is 43.3 Å². The molecule has 5 aromatic rings. The van der Waals surface area contributed by atoms with Gasteiger partial charge in [-0.2, -0.15) is 5.10 Å². The Morgan fingerprint density at radius 2 is 1.75 bits per heavy atom. The molecule has 1 aliphatic heterocycles. The van der Waals surface area contributed by atoms with Crippen LogP contribution < -0.4 is 20.3 Å². The summed E-state index contributed by atoms with van der Waals surface area (Å²) in [5.74, 6) is -3.60. The molecule has 1 atom stereocenters. The van der Waals surface area contributed by atoms with E-state index < -0.39 is 35.4 Å². The minimum atomic E-state index is -1.28. The molecule has 0 bridgehead atoms. The van der Waals surface area contributed by atoms with Crippen LogP contribution in [0, 0.1) is 17.6 Å². The summed E-state index contributed by atoms with van der Waals surface area (Å²) < 4.78 is 36.2. The first-order chi connectivity index (χ1) is 21.3. The van der Waals surface area contributed by atoms with Gasteiger partial charge in [0.1, 0.15) is 17.3 Å². The minimum Gasteiger partial charge on any atom is -0.452 e. The topological polar surface area (TPSA) is 134 Å². The molecule has 6 rings (SSSR count). The first kappa shape index (κ1) is 28.2. The summed E-state index contributed by atoms with van der Waals surface area (Å²) in [6, 6.07) is 13.0. The fourth-order valence-corrected chi connectivity index (χ4v) is 4.70. The van der Waals surface area contributed by atoms with E-state index in [1.54, 1.807) is 54.4 Å². The molecule has 2 aromatic carbocycles. The molecular weight excluding hydrogens is 574 g/mol. The normalized spacial score (nSPS) is 15.0. The van der Waals surface area contributed by atoms with Crippen LogP contribution in [0.3, 0.4) is 0 Å². The Morgan fingerprint density at radius 1 is 0.977 bits per heavy atom. The lowest BCUT2D eigenvalue weighted by molar-refractivity contribution is -0.132. The fourth-order valence-electron chi connectivity index (χ4n) is 4.70. The first-order valence-electron chi connectivity index (χ1n) is 13.5. The summed E-state index contributed by atoms with van der Waals surface area (Å²) in [4.78, 5) is 49.9. The maximum Gasteiger partial charge on any atom is 0.331 e. The second kappa shape index (κ2) is 11.8. The van der Waals surface area contributed by atoms with Crippen molar-refractivity contribution in [2.24, 2.45) is 5.92 Å². The number of rotatable bonds is 8. The molecule has 12 nitrogen and oxygen atoms in total. The van der Waals surface area contributed by atoms with Crippen LogP contribution in [0.4, 0.5) is 36.6 Å². The van der Waals surface area contributed by atoms with E-state index in [-0.39, 0.29) is 36.0 Å². The number of carbonyl (C=O) groups is 3. The van der Waals surface area contributed by atoms with Crippen LogP contribution in [0.25, 0.3) is 5.52 Å². The number of halogens is 2. The third kappa shape index (κ3) is 5.60. The van der Waals surface area contributed by atoms with Crippen molar-refractivity contribution >= 4 is 46.4 Å². The van der Waals surface area contributed by atoms with Crippen molar-refractivity contribution in [2.75, 3.05) is 28.6 Å². The zero-order valence-corrected chi connectivity index (χ0v) is 23.1. The molecular formula is C30H24F2N8O4. The molecule has 4 amide bonds. The van der Waals surface area contributed by atoms with Gasteiger partial charge >= 0.3 is 6.03 Å². The van der Waals surface area contributed by atoms with E-state index in [1.807, 2.05) is 0 Å². The molecule has 1 unspecified atom stereocenters. The number of nitrogens with one attached hydrogen (secondary N) is 2. The van der Waals surface area contributed by atoms with Crippen molar-refractivity contribution in [3.63, 3.8) is 0 Å². The van der Waals surface area contributed by atoms with Crippen LogP contribution >= 0.6 is 0 Å². The van der Waals surface area contributed by atoms with Gasteiger partial charge in [-0.15, -0.1) is 0 Å². The third-order valence-corrected chi connectivity index (χ3v) is 6.88. The average molecular weight is 599 g/mol. The van der Waals surface area contributed by atoms with Crippen LogP contribution in [0.5, 0.6) is 11.5 Å². The Morgan fingerprint density at radius 3 is 2.48 bits per heavy atom. The summed E-state index contributed by atoms with van der Waals surface area (Å²) in [6.45, 7) is 1.77. The summed E-state index contributed by atoms with van der Waals surface area (Å²) >= 11 is 0. The summed E-state index contributed by atoms with van der Waals surface area (Å²) in [7, 11) is 0. The smallest absolute Gasteiger partial charge is 0.331 e. The largest absolute Gasteiger partial charge is 0.452 e. The number of fused-ring (bicyclic) bond motifs is 1. The predicted octanol–water partition coefficient (Wildman–Crippen LogP) is 4.98. The van der Waals surface area contributed by atoms with Crippen molar-refractivity contribution in [1.82, 2.24) is 24.5 Å². The third-order valence-electron chi connectivity index (χ3n) is 6.88. The number of hydrogen-bond acceptors (Lipinski definition) is 8. The second-order valence-corrected chi connectivity index (χ2v) is 9.71. The number of hydrogen-bond donors (Lipinski definition) is 2. The molecule has 1 aliphatic rings. The van der Waals surface area contributed by atoms with E-state index >= 15 is 4.39 Å². The van der Waals surface area contributed by atoms with Gasteiger partial charge < -0.3 is 20.3 Å². The fraction of sp³-hybridized carbons (Fsp3) is 0.133. The molecule has 0 spiro atoms. The van der Waals surface area contributed by atoms with Gasteiger partial charge in [-0.05, 0) is 55.5 Å². The maximum absolute atomic E-state index is 15.3. The molecule has 44 heavy (non-hydrogen) atoms. The molecule has 14 heteroatoms. The van der Waals surface area contributed by atoms with Crippen LogP contribution in [0.15, 0.2) is 85.5 Å². The molecule has 3 aromatic heterocycles. The Kier molecular flexibility index (Phi) is 7.54. The number of benzene rings is 2. The van der Waals surface area contributed by atoms with Gasteiger partial charge in [0.05, 0.1) is 23.8 Å². The molecule has 1 fully saturated rings. The van der Waals surface area contributed by atoms with E-state index in [2.05, 4.69) is 25.7 Å². The lowest BCUT2D eigenvalue weighted by Crippen LogP contribution is -2.59. The molecule has 0 radical (unpaired) electrons. The molecule has 2 N–H and O–H groups in total. The highest BCUT2D eigenvalue weighted by atomic mass is 19.1. The van der Waals surface area contributed by atoms with Crippen LogP contribution in [0.2, 0.25) is 0 Å². The number of nitrogens with zero attached hydrogens (tertiary/aromatic N) is 6. The van der Waals surface area contributed by atoms with E-state index in [4.69, 9.17) is 4.74 Å². The van der Waals surface area contributed by atoms with E-state index in [9.17, 15) is 18.8 Å². The second-order valence-electron chi connectivity index (χ2n) is 9.71. The Balaban J connectivity index is 1.20. The molecule has 0 saturated carbocycles. The number of carbonyl (C=O) groups excluding carboxylic acids is 3. The zero-order valence-electron chi connectivity index (χ0n) is 23.1. The highest BCUT2D eigenvalue weighted by Crippen LogP contribution is 2.33. The number of imide groups is 1. The Hall–Kier alpha value is -5.92. The summed E-state index contributed by atoms with van der Waals surface area (Å²) in [6.07, 6.45) is 6.43. The quantitative estimate of drug-likeness (QED) is 0.239. The van der Waals surface area contributed by atoms with Gasteiger partial charge in [-0.25, -0.2) is 33.0 Å². The highest BCUT2D eigenvalue weighted by molar-refractivity contribution is 6.23. The number of pyridine rings is 1. The number of urea groups is 1. The predicted molar refractivity (Wildman–Crippen MR) is 156 cm³/mol. The molecule has 0 aliphatic carbocycles. The number of aromatic nitrogens is 4. The van der Waals surface area contributed by atoms with Crippen molar-refractivity contribution in [1.29, 1.82) is 0 Å². The lowest BCUT2D eigenvalue weighted by atomic mass is 10.0. The van der Waals surface area contributed by atoms with Crippen molar-refractivity contribution in [3.05, 3.63) is 97.1 Å². The van der Waals surface area contributed by atoms with Crippen LogP contribution in [-0.4, -0.2) is 55.4 Å². The van der Waals surface area contributed by atoms with E-state index in [0.717, 1.165) is 23.1 Å². The molecule has 222 valence electrons. The van der Waals surface area contributed by atoms with Crippen molar-refractivity contribution < 1.29 is 27.9 Å². The van der Waals surface area contributed by atoms with Crippen molar-refractivity contribution in [3.8, 4) is 11.5 Å². The summed E-state index contributed by atoms with van der Waals surface area (Å²) in [5, 5.41) is 9.83. The monoisotopic (exact) mass is 598 g/mol. The van der Waals surface area contributed by atoms with Gasteiger partial charge in [-0.3, -0.25) is 9.59 Å². The SMILES string of the molecule is CCN1CC(C(=O)Nc2ccc(Oc3cc(Nc4ncccn4)cn4nccc34)c(F)c2)C(=O)N(c2ccc(F)cc2)C1=O. The average Bonchev–Trinajstić information content (AvgIpc) is 3.49. The lowest BCUT2D eigenvalue weighted by Gasteiger charge is -2.37. The standard InChI is InChI=1S/C30H24F2N8O4/c1-2-38-17-22(28(42)40(30(38)43)21-7-4-18(31)5-8-21)27(41)36-19-6-9-25(23(32)14-19)44-26-15-20(16-39-24(26)10-13-35-39)37-29-33-11-3-12-34-29/h3-16,22H,2,17H2,1H3,(H,36,41)(H,33,34,37). The van der Waals surface area contributed by atoms with E-state index in [0.29, 0.717) is 17.2 Å². The number of amides is 4. The number of ether oxygens (including phenoxy) is 1. The molecule has 1 saturated heterocycles. The van der Waals surface area contributed by atoms with E-state index in [1.165, 1.54) is 29.2 Å². The Bertz CT molecular complexity index is 1870. The number of anilines is 4. The Labute approximate surface area is 248 Å². The highest BCUT2D eigenvalue weighted by Gasteiger charge is 2.43. The first-order valence-corrected chi connectivity index (χ1v) is 13.5. The van der Waals surface area contributed by atoms with Gasteiger partial charge in [0.15, 0.2) is 17.3 Å². The molecule has 4 heterocycles. The van der Waals surface area contributed by atoms with Crippen LogP contribution in [-0.2, 0) is 9.59 Å². The van der Waals surface area contributed by atoms with Crippen LogP contribution in [0.1, 0.15) is 6.92 Å². The van der Waals surface area contributed by atoms with Gasteiger partial charge in [0.2, 0.25) is 17.8 Å². The summed E-state index contributed by atoms with van der Waals surface area (Å²) in [5.41, 5.74) is 1.32. The van der Waals surface area contributed by atoms with Crippen molar-refractivity contribution in [2.45, 2.75) is 6.92 Å².